The van der Waals surface area contributed by atoms with Crippen molar-refractivity contribution >= 4 is 40.5 Å². The van der Waals surface area contributed by atoms with Crippen molar-refractivity contribution in [1.82, 2.24) is 0 Å². The third kappa shape index (κ3) is 3.87. The van der Waals surface area contributed by atoms with E-state index in [9.17, 15) is 14.9 Å². The number of fused-ring (bicyclic) bond motifs is 1. The first kappa shape index (κ1) is 19.5. The minimum Gasteiger partial charge on any atom is -0.328 e. The number of hydrogen-bond donors (Lipinski definition) is 1. The van der Waals surface area contributed by atoms with Crippen molar-refractivity contribution in [3.63, 3.8) is 0 Å². The zero-order valence-corrected chi connectivity index (χ0v) is 16.7. The van der Waals surface area contributed by atoms with Crippen LogP contribution in [0.4, 0.5) is 17.1 Å². The summed E-state index contributed by atoms with van der Waals surface area (Å²) < 4.78 is 0. The monoisotopic (exact) mass is 392 g/mol. The summed E-state index contributed by atoms with van der Waals surface area (Å²) in [6.07, 6.45) is 0. The molecule has 0 fully saturated rings. The SMILES string of the molecule is CC(=O)Nc1ccc(SCC(=O)C(C#N)=C2N(C)c3ccccc3N2C)cc1. The molecular formula is C21H20N4O2S. The Labute approximate surface area is 168 Å². The molecule has 1 amide bonds. The van der Waals surface area contributed by atoms with Gasteiger partial charge in [-0.25, -0.2) is 0 Å². The summed E-state index contributed by atoms with van der Waals surface area (Å²) in [6.45, 7) is 1.45. The van der Waals surface area contributed by atoms with E-state index in [1.54, 1.807) is 12.1 Å². The van der Waals surface area contributed by atoms with E-state index in [4.69, 9.17) is 0 Å². The third-order valence-corrected chi connectivity index (χ3v) is 5.41. The van der Waals surface area contributed by atoms with Crippen LogP contribution < -0.4 is 15.1 Å². The number of rotatable bonds is 5. The smallest absolute Gasteiger partial charge is 0.221 e. The van der Waals surface area contributed by atoms with Crippen LogP contribution in [-0.4, -0.2) is 31.5 Å². The van der Waals surface area contributed by atoms with Gasteiger partial charge in [0.2, 0.25) is 5.91 Å². The molecule has 0 saturated carbocycles. The molecule has 2 aromatic rings. The van der Waals surface area contributed by atoms with Gasteiger partial charge in [-0.1, -0.05) is 12.1 Å². The third-order valence-electron chi connectivity index (χ3n) is 4.40. The fourth-order valence-corrected chi connectivity index (χ4v) is 3.89. The number of benzene rings is 2. The Morgan fingerprint density at radius 2 is 1.61 bits per heavy atom. The first-order chi connectivity index (χ1) is 13.4. The lowest BCUT2D eigenvalue weighted by Gasteiger charge is -2.19. The van der Waals surface area contributed by atoms with Crippen molar-refractivity contribution in [2.24, 2.45) is 0 Å². The number of nitrogens with one attached hydrogen (secondary N) is 1. The first-order valence-corrected chi connectivity index (χ1v) is 9.65. The predicted molar refractivity (Wildman–Crippen MR) is 112 cm³/mol. The molecule has 0 atom stereocenters. The second-order valence-electron chi connectivity index (χ2n) is 6.33. The molecule has 3 rings (SSSR count). The lowest BCUT2D eigenvalue weighted by molar-refractivity contribution is -0.114. The Morgan fingerprint density at radius 3 is 2.11 bits per heavy atom. The van der Waals surface area contributed by atoms with Gasteiger partial charge in [-0.05, 0) is 36.4 Å². The number of thioether (sulfide) groups is 1. The van der Waals surface area contributed by atoms with E-state index in [0.717, 1.165) is 16.3 Å². The van der Waals surface area contributed by atoms with Gasteiger partial charge in [0.05, 0.1) is 17.1 Å². The van der Waals surface area contributed by atoms with Crippen LogP contribution in [0.2, 0.25) is 0 Å². The maximum Gasteiger partial charge on any atom is 0.221 e. The molecule has 0 bridgehead atoms. The van der Waals surface area contributed by atoms with Gasteiger partial charge < -0.3 is 15.1 Å². The highest BCUT2D eigenvalue weighted by molar-refractivity contribution is 8.00. The Kier molecular flexibility index (Phi) is 5.71. The summed E-state index contributed by atoms with van der Waals surface area (Å²) in [5, 5.41) is 12.4. The molecule has 142 valence electrons. The maximum absolute atomic E-state index is 12.8. The number of anilines is 3. The number of Topliss-reactive ketones (excluding diaryl/α,β-unsaturated/α-hetero) is 1. The van der Waals surface area contributed by atoms with Crippen molar-refractivity contribution in [3.05, 3.63) is 59.9 Å². The topological polar surface area (TPSA) is 76.4 Å². The highest BCUT2D eigenvalue weighted by Crippen LogP contribution is 2.40. The molecule has 1 N–H and O–H groups in total. The molecule has 0 spiro atoms. The molecule has 0 aromatic heterocycles. The molecule has 0 radical (unpaired) electrons. The number of carbonyl (C=O) groups excluding carboxylic acids is 2. The molecule has 0 unspecified atom stereocenters. The number of para-hydroxylation sites is 2. The van der Waals surface area contributed by atoms with Crippen LogP contribution in [0.1, 0.15) is 6.92 Å². The first-order valence-electron chi connectivity index (χ1n) is 8.67. The fourth-order valence-electron chi connectivity index (χ4n) is 3.12. The van der Waals surface area contributed by atoms with E-state index >= 15 is 0 Å². The van der Waals surface area contributed by atoms with E-state index in [2.05, 4.69) is 11.4 Å². The zero-order valence-electron chi connectivity index (χ0n) is 15.9. The van der Waals surface area contributed by atoms with E-state index in [-0.39, 0.29) is 23.0 Å². The molecule has 0 saturated heterocycles. The Morgan fingerprint density at radius 1 is 1.04 bits per heavy atom. The lowest BCUT2D eigenvalue weighted by atomic mass is 10.2. The van der Waals surface area contributed by atoms with Gasteiger partial charge in [-0.15, -0.1) is 11.8 Å². The van der Waals surface area contributed by atoms with Crippen molar-refractivity contribution in [3.8, 4) is 6.07 Å². The average molecular weight is 392 g/mol. The number of amides is 1. The van der Waals surface area contributed by atoms with Crippen LogP contribution >= 0.6 is 11.8 Å². The van der Waals surface area contributed by atoms with Gasteiger partial charge in [-0.2, -0.15) is 5.26 Å². The molecule has 0 aliphatic carbocycles. The summed E-state index contributed by atoms with van der Waals surface area (Å²) in [5.41, 5.74) is 2.77. The molecule has 7 heteroatoms. The van der Waals surface area contributed by atoms with Crippen LogP contribution in [0.3, 0.4) is 0 Å². The Balaban J connectivity index is 1.75. The standard InChI is InChI=1S/C21H20N4O2S/c1-14(26)23-15-8-10-16(11-9-15)28-13-20(27)17(12-22)21-24(2)18-6-4-5-7-19(18)25(21)3/h4-11H,13H2,1-3H3,(H,23,26). The molecule has 1 heterocycles. The number of nitrogens with zero attached hydrogens (tertiary/aromatic N) is 3. The van der Waals surface area contributed by atoms with E-state index < -0.39 is 0 Å². The molecule has 2 aromatic carbocycles. The van der Waals surface area contributed by atoms with Gasteiger partial charge in [0.1, 0.15) is 17.5 Å². The van der Waals surface area contributed by atoms with Crippen LogP contribution in [0, 0.1) is 11.3 Å². The molecule has 6 nitrogen and oxygen atoms in total. The summed E-state index contributed by atoms with van der Waals surface area (Å²) in [4.78, 5) is 28.5. The van der Waals surface area contributed by atoms with E-state index in [0.29, 0.717) is 11.5 Å². The van der Waals surface area contributed by atoms with Gasteiger partial charge in [-0.3, -0.25) is 9.59 Å². The van der Waals surface area contributed by atoms with Crippen molar-refractivity contribution in [1.29, 1.82) is 5.26 Å². The fraction of sp³-hybridized carbons (Fsp3) is 0.190. The lowest BCUT2D eigenvalue weighted by Crippen LogP contribution is -2.26. The largest absolute Gasteiger partial charge is 0.328 e. The number of nitriles is 1. The van der Waals surface area contributed by atoms with E-state index in [1.807, 2.05) is 60.3 Å². The highest BCUT2D eigenvalue weighted by atomic mass is 32.2. The predicted octanol–water partition coefficient (Wildman–Crippen LogP) is 3.63. The van der Waals surface area contributed by atoms with Crippen LogP contribution in [0.25, 0.3) is 0 Å². The summed E-state index contributed by atoms with van der Waals surface area (Å²) >= 11 is 1.36. The normalized spacial score (nSPS) is 12.4. The number of allylic oxidation sites excluding steroid dienone is 1. The van der Waals surface area contributed by atoms with Gasteiger partial charge >= 0.3 is 0 Å². The second kappa shape index (κ2) is 8.19. The highest BCUT2D eigenvalue weighted by Gasteiger charge is 2.31. The number of carbonyl (C=O) groups is 2. The van der Waals surface area contributed by atoms with Crippen molar-refractivity contribution in [2.45, 2.75) is 11.8 Å². The second-order valence-corrected chi connectivity index (χ2v) is 7.38. The quantitative estimate of drug-likeness (QED) is 0.476. The van der Waals surface area contributed by atoms with Gasteiger partial charge in [0, 0.05) is 31.6 Å². The van der Waals surface area contributed by atoms with Gasteiger partial charge in [0.25, 0.3) is 0 Å². The van der Waals surface area contributed by atoms with Crippen molar-refractivity contribution < 1.29 is 9.59 Å². The van der Waals surface area contributed by atoms with Crippen LogP contribution in [0.15, 0.2) is 64.8 Å². The van der Waals surface area contributed by atoms with Crippen LogP contribution in [0.5, 0.6) is 0 Å². The molecule has 1 aliphatic rings. The maximum atomic E-state index is 12.8. The number of ketones is 1. The minimum atomic E-state index is -0.222. The van der Waals surface area contributed by atoms with Crippen LogP contribution in [-0.2, 0) is 9.59 Å². The van der Waals surface area contributed by atoms with Gasteiger partial charge in [0.15, 0.2) is 5.78 Å². The Hall–Kier alpha value is -3.24. The number of hydrogen-bond acceptors (Lipinski definition) is 6. The average Bonchev–Trinajstić information content (AvgIpc) is 2.93. The molecule has 28 heavy (non-hydrogen) atoms. The van der Waals surface area contributed by atoms with E-state index in [1.165, 1.54) is 18.7 Å². The van der Waals surface area contributed by atoms with Crippen molar-refractivity contribution in [2.75, 3.05) is 35.0 Å². The summed E-state index contributed by atoms with van der Waals surface area (Å²) in [6, 6.07) is 17.1. The molecular weight excluding hydrogens is 372 g/mol. The minimum absolute atomic E-state index is 0.133. The zero-order chi connectivity index (χ0) is 20.3. The summed E-state index contributed by atoms with van der Waals surface area (Å²) in [7, 11) is 3.71. The molecule has 1 aliphatic heterocycles. The Bertz CT molecular complexity index is 961. The summed E-state index contributed by atoms with van der Waals surface area (Å²) in [5.74, 6) is 0.395.